The number of ether oxygens (including phenoxy) is 1. The minimum atomic E-state index is -0.124. The number of likely N-dealkylation sites (N-methyl/N-ethyl adjacent to an activating group) is 1. The molecule has 20 heavy (non-hydrogen) atoms. The number of rotatable bonds is 5. The minimum absolute atomic E-state index is 0.0524. The zero-order chi connectivity index (χ0) is 13.9. The van der Waals surface area contributed by atoms with E-state index in [4.69, 9.17) is 4.74 Å². The Hall–Kier alpha value is -1.97. The van der Waals surface area contributed by atoms with Gasteiger partial charge in [-0.2, -0.15) is 0 Å². The molecule has 1 aromatic carbocycles. The summed E-state index contributed by atoms with van der Waals surface area (Å²) in [4.78, 5) is 11.2. The third-order valence-electron chi connectivity index (χ3n) is 4.20. The molecule has 0 spiro atoms. The van der Waals surface area contributed by atoms with Crippen molar-refractivity contribution in [3.63, 3.8) is 0 Å². The molecule has 0 heterocycles. The van der Waals surface area contributed by atoms with Gasteiger partial charge in [-0.25, -0.2) is 0 Å². The van der Waals surface area contributed by atoms with E-state index in [1.807, 2.05) is 24.3 Å². The molecule has 2 aliphatic carbocycles. The third kappa shape index (κ3) is 2.64. The summed E-state index contributed by atoms with van der Waals surface area (Å²) in [5.41, 5.74) is 1.06. The van der Waals surface area contributed by atoms with Crippen LogP contribution in [0.5, 0.6) is 5.75 Å². The van der Waals surface area contributed by atoms with Crippen molar-refractivity contribution in [2.75, 3.05) is 19.0 Å². The topological polar surface area (TPSA) is 50.4 Å². The molecular weight excluding hydrogens is 252 g/mol. The Kier molecular flexibility index (Phi) is 3.63. The molecule has 4 nitrogen and oxygen atoms in total. The van der Waals surface area contributed by atoms with Crippen LogP contribution in [0.3, 0.4) is 0 Å². The first kappa shape index (κ1) is 13.0. The average Bonchev–Trinajstić information content (AvgIpc) is 2.84. The Morgan fingerprint density at radius 1 is 1.45 bits per heavy atom. The van der Waals surface area contributed by atoms with Crippen LogP contribution in [0.2, 0.25) is 0 Å². The van der Waals surface area contributed by atoms with E-state index in [0.29, 0.717) is 12.0 Å². The molecule has 0 radical (unpaired) electrons. The molecule has 1 aromatic rings. The molecule has 1 amide bonds. The van der Waals surface area contributed by atoms with Gasteiger partial charge in [0, 0.05) is 30.8 Å². The summed E-state index contributed by atoms with van der Waals surface area (Å²) in [6, 6.07) is 8.34. The number of fused-ring (bicyclic) bond motifs is 1. The number of carbonyl (C=O) groups excluding carboxylic acids is 1. The Balaban J connectivity index is 1.57. The van der Waals surface area contributed by atoms with Crippen molar-refractivity contribution in [2.24, 2.45) is 11.8 Å². The van der Waals surface area contributed by atoms with Crippen molar-refractivity contribution < 1.29 is 9.53 Å². The normalized spacial score (nSPS) is 26.6. The van der Waals surface area contributed by atoms with Gasteiger partial charge in [0.05, 0.1) is 0 Å². The maximum Gasteiger partial charge on any atom is 0.257 e. The van der Waals surface area contributed by atoms with Gasteiger partial charge in [-0.1, -0.05) is 18.2 Å². The number of hydrogen-bond acceptors (Lipinski definition) is 3. The summed E-state index contributed by atoms with van der Waals surface area (Å²) in [6.45, 7) is 0.0524. The van der Waals surface area contributed by atoms with E-state index < -0.39 is 0 Å². The van der Waals surface area contributed by atoms with Crippen LogP contribution in [0.25, 0.3) is 0 Å². The van der Waals surface area contributed by atoms with E-state index in [0.717, 1.165) is 17.4 Å². The van der Waals surface area contributed by atoms with Crippen molar-refractivity contribution in [1.29, 1.82) is 0 Å². The van der Waals surface area contributed by atoms with Crippen molar-refractivity contribution in [3.8, 4) is 5.75 Å². The van der Waals surface area contributed by atoms with Crippen LogP contribution in [0, 0.1) is 11.8 Å². The first-order valence-corrected chi connectivity index (χ1v) is 7.13. The van der Waals surface area contributed by atoms with Gasteiger partial charge in [0.2, 0.25) is 0 Å². The van der Waals surface area contributed by atoms with E-state index in [1.165, 1.54) is 12.8 Å². The molecule has 3 rings (SSSR count). The lowest BCUT2D eigenvalue weighted by molar-refractivity contribution is -0.122. The second kappa shape index (κ2) is 5.57. The van der Waals surface area contributed by atoms with E-state index in [1.54, 1.807) is 7.05 Å². The molecule has 2 aliphatic rings. The molecule has 3 unspecified atom stereocenters. The second-order valence-electron chi connectivity index (χ2n) is 5.48. The monoisotopic (exact) mass is 272 g/mol. The highest BCUT2D eigenvalue weighted by Gasteiger charge is 2.40. The predicted molar refractivity (Wildman–Crippen MR) is 78.8 cm³/mol. The van der Waals surface area contributed by atoms with Crippen LogP contribution in [0.1, 0.15) is 12.8 Å². The first-order chi connectivity index (χ1) is 9.76. The summed E-state index contributed by atoms with van der Waals surface area (Å²) < 4.78 is 5.45. The summed E-state index contributed by atoms with van der Waals surface area (Å²) in [7, 11) is 1.60. The van der Waals surface area contributed by atoms with Crippen LogP contribution in [-0.2, 0) is 4.79 Å². The van der Waals surface area contributed by atoms with Crippen LogP contribution < -0.4 is 15.4 Å². The van der Waals surface area contributed by atoms with Gasteiger partial charge in [0.15, 0.2) is 6.61 Å². The van der Waals surface area contributed by atoms with Crippen molar-refractivity contribution in [2.45, 2.75) is 18.9 Å². The lowest BCUT2D eigenvalue weighted by Gasteiger charge is -2.41. The summed E-state index contributed by atoms with van der Waals surface area (Å²) in [5.74, 6) is 2.13. The molecule has 4 heteroatoms. The Bertz CT molecular complexity index is 527. The van der Waals surface area contributed by atoms with Crippen LogP contribution in [-0.4, -0.2) is 25.6 Å². The number of hydrogen-bond donors (Lipinski definition) is 2. The van der Waals surface area contributed by atoms with Crippen LogP contribution in [0.15, 0.2) is 36.4 Å². The number of nitrogens with one attached hydrogen (secondary N) is 2. The lowest BCUT2D eigenvalue weighted by Crippen LogP contribution is -2.43. The zero-order valence-corrected chi connectivity index (χ0v) is 11.6. The average molecular weight is 272 g/mol. The maximum absolute atomic E-state index is 11.2. The summed E-state index contributed by atoms with van der Waals surface area (Å²) in [5, 5.41) is 6.10. The van der Waals surface area contributed by atoms with Gasteiger partial charge in [-0.05, 0) is 30.9 Å². The van der Waals surface area contributed by atoms with Gasteiger partial charge < -0.3 is 15.4 Å². The fourth-order valence-electron chi connectivity index (χ4n) is 2.99. The first-order valence-electron chi connectivity index (χ1n) is 7.13. The highest BCUT2D eigenvalue weighted by molar-refractivity contribution is 5.77. The van der Waals surface area contributed by atoms with E-state index in [2.05, 4.69) is 22.8 Å². The molecule has 0 aromatic heterocycles. The predicted octanol–water partition coefficient (Wildman–Crippen LogP) is 2.19. The van der Waals surface area contributed by atoms with Gasteiger partial charge in [-0.15, -0.1) is 0 Å². The molecule has 0 saturated heterocycles. The number of allylic oxidation sites excluding steroid dienone is 1. The largest absolute Gasteiger partial charge is 0.484 e. The molecular formula is C16H20N2O2. The Morgan fingerprint density at radius 2 is 2.35 bits per heavy atom. The van der Waals surface area contributed by atoms with Gasteiger partial charge >= 0.3 is 0 Å². The maximum atomic E-state index is 11.2. The molecule has 2 N–H and O–H groups in total. The molecule has 0 bridgehead atoms. The van der Waals surface area contributed by atoms with Crippen molar-refractivity contribution >= 4 is 11.6 Å². The molecule has 106 valence electrons. The summed E-state index contributed by atoms with van der Waals surface area (Å²) in [6.07, 6.45) is 7.09. The zero-order valence-electron chi connectivity index (χ0n) is 11.6. The van der Waals surface area contributed by atoms with Gasteiger partial charge in [0.25, 0.3) is 5.91 Å². The fourth-order valence-corrected chi connectivity index (χ4v) is 2.99. The highest BCUT2D eigenvalue weighted by atomic mass is 16.5. The number of benzene rings is 1. The number of carbonyl (C=O) groups is 1. The van der Waals surface area contributed by atoms with E-state index >= 15 is 0 Å². The van der Waals surface area contributed by atoms with E-state index in [-0.39, 0.29) is 12.5 Å². The van der Waals surface area contributed by atoms with Crippen molar-refractivity contribution in [1.82, 2.24) is 5.32 Å². The molecule has 0 aliphatic heterocycles. The molecule has 1 saturated carbocycles. The van der Waals surface area contributed by atoms with Crippen LogP contribution >= 0.6 is 0 Å². The Morgan fingerprint density at radius 3 is 3.15 bits per heavy atom. The molecule has 3 atom stereocenters. The standard InChI is InChI=1S/C16H20N2O2/c1-17-16(19)10-20-13-6-3-5-12(9-13)18-15-8-11-4-2-7-14(11)15/h2-3,5-7,9,11,14-15,18H,4,8,10H2,1H3,(H,17,19). The smallest absolute Gasteiger partial charge is 0.257 e. The van der Waals surface area contributed by atoms with Crippen molar-refractivity contribution in [3.05, 3.63) is 36.4 Å². The SMILES string of the molecule is CNC(=O)COc1cccc(NC2CC3CC=CC32)c1. The minimum Gasteiger partial charge on any atom is -0.484 e. The highest BCUT2D eigenvalue weighted by Crippen LogP contribution is 2.44. The second-order valence-corrected chi connectivity index (χ2v) is 5.48. The fraction of sp³-hybridized carbons (Fsp3) is 0.438. The lowest BCUT2D eigenvalue weighted by atomic mass is 9.71. The van der Waals surface area contributed by atoms with Crippen LogP contribution in [0.4, 0.5) is 5.69 Å². The van der Waals surface area contributed by atoms with Gasteiger partial charge in [0.1, 0.15) is 5.75 Å². The third-order valence-corrected chi connectivity index (χ3v) is 4.20. The Labute approximate surface area is 119 Å². The number of amides is 1. The summed E-state index contributed by atoms with van der Waals surface area (Å²) >= 11 is 0. The van der Waals surface area contributed by atoms with E-state index in [9.17, 15) is 4.79 Å². The quantitative estimate of drug-likeness (QED) is 0.808. The molecule has 1 fully saturated rings. The number of anilines is 1. The van der Waals surface area contributed by atoms with Gasteiger partial charge in [-0.3, -0.25) is 4.79 Å².